The molecule has 1 aliphatic carbocycles. The largest absolute Gasteiger partial charge is 0.493 e. The Hall–Kier alpha value is -3.02. The summed E-state index contributed by atoms with van der Waals surface area (Å²) >= 11 is 12.2. The third-order valence-electron chi connectivity index (χ3n) is 5.79. The monoisotopic (exact) mass is 468 g/mol. The van der Waals surface area contributed by atoms with Crippen molar-refractivity contribution in [3.8, 4) is 11.5 Å². The van der Waals surface area contributed by atoms with E-state index in [9.17, 15) is 4.79 Å². The molecule has 1 N–H and O–H groups in total. The fraction of sp³-hybridized carbons (Fsp3) is 0.200. The molecule has 3 aromatic carbocycles. The van der Waals surface area contributed by atoms with Gasteiger partial charge in [-0.05, 0) is 65.6 Å². The number of nitrogens with zero attached hydrogens (tertiary/aromatic N) is 1. The fourth-order valence-electron chi connectivity index (χ4n) is 4.06. The van der Waals surface area contributed by atoms with Gasteiger partial charge < -0.3 is 9.47 Å². The van der Waals surface area contributed by atoms with E-state index < -0.39 is 5.41 Å². The predicted octanol–water partition coefficient (Wildman–Crippen LogP) is 5.47. The van der Waals surface area contributed by atoms with E-state index >= 15 is 0 Å². The first-order chi connectivity index (χ1) is 15.5. The van der Waals surface area contributed by atoms with Gasteiger partial charge in [0, 0.05) is 15.5 Å². The number of nitrogens with one attached hydrogen (secondary N) is 1. The molecule has 32 heavy (non-hydrogen) atoms. The number of hydrogen-bond donors (Lipinski definition) is 1. The summed E-state index contributed by atoms with van der Waals surface area (Å²) < 4.78 is 10.5. The zero-order valence-corrected chi connectivity index (χ0v) is 19.2. The van der Waals surface area contributed by atoms with Gasteiger partial charge in [-0.25, -0.2) is 5.43 Å². The first-order valence-electron chi connectivity index (χ1n) is 10.0. The molecular formula is C25H22Cl2N2O3. The molecule has 1 amide bonds. The second-order valence-corrected chi connectivity index (χ2v) is 8.46. The van der Waals surface area contributed by atoms with E-state index in [0.29, 0.717) is 28.0 Å². The molecular weight excluding hydrogens is 447 g/mol. The van der Waals surface area contributed by atoms with Crippen molar-refractivity contribution >= 4 is 35.3 Å². The van der Waals surface area contributed by atoms with E-state index in [4.69, 9.17) is 32.7 Å². The number of carbonyl (C=O) groups excluding carboxylic acids is 1. The highest BCUT2D eigenvalue weighted by atomic mass is 35.5. The van der Waals surface area contributed by atoms with Gasteiger partial charge in [-0.2, -0.15) is 5.10 Å². The standard InChI is InChI=1S/C25H22Cl2N2O3/c1-31-22-12-3-16(13-23(22)32-2)15-28-29-24(30)21-14-25(21,17-4-8-19(26)9-5-17)18-6-10-20(27)11-7-18/h3-13,15,21H,14H2,1-2H3,(H,29,30)/b28-15+. The predicted molar refractivity (Wildman–Crippen MR) is 127 cm³/mol. The number of methoxy groups -OCH3 is 2. The molecule has 0 saturated heterocycles. The van der Waals surface area contributed by atoms with Crippen molar-refractivity contribution in [3.63, 3.8) is 0 Å². The van der Waals surface area contributed by atoms with Crippen molar-refractivity contribution in [2.24, 2.45) is 11.0 Å². The second-order valence-electron chi connectivity index (χ2n) is 7.59. The van der Waals surface area contributed by atoms with Crippen LogP contribution in [0.5, 0.6) is 11.5 Å². The number of hydrogen-bond acceptors (Lipinski definition) is 4. The average Bonchev–Trinajstić information content (AvgIpc) is 3.56. The molecule has 0 bridgehead atoms. The number of hydrazone groups is 1. The molecule has 0 spiro atoms. The first-order valence-corrected chi connectivity index (χ1v) is 10.8. The lowest BCUT2D eigenvalue weighted by molar-refractivity contribution is -0.122. The summed E-state index contributed by atoms with van der Waals surface area (Å²) in [5, 5.41) is 5.46. The molecule has 1 fully saturated rings. The maximum atomic E-state index is 13.0. The summed E-state index contributed by atoms with van der Waals surface area (Å²) in [5.41, 5.74) is 5.10. The molecule has 5 nitrogen and oxygen atoms in total. The zero-order valence-electron chi connectivity index (χ0n) is 17.6. The van der Waals surface area contributed by atoms with Crippen LogP contribution in [-0.2, 0) is 10.2 Å². The third-order valence-corrected chi connectivity index (χ3v) is 6.30. The minimum Gasteiger partial charge on any atom is -0.493 e. The van der Waals surface area contributed by atoms with Crippen LogP contribution < -0.4 is 14.9 Å². The minimum absolute atomic E-state index is 0.147. The molecule has 1 saturated carbocycles. The normalized spacial score (nSPS) is 16.6. The van der Waals surface area contributed by atoms with E-state index in [1.54, 1.807) is 32.6 Å². The van der Waals surface area contributed by atoms with Crippen LogP contribution in [0.2, 0.25) is 10.0 Å². The average molecular weight is 469 g/mol. The Labute approximate surface area is 197 Å². The summed E-state index contributed by atoms with van der Waals surface area (Å²) in [6, 6.07) is 20.7. The summed E-state index contributed by atoms with van der Waals surface area (Å²) in [7, 11) is 3.15. The van der Waals surface area contributed by atoms with Crippen molar-refractivity contribution in [1.29, 1.82) is 0 Å². The van der Waals surface area contributed by atoms with Gasteiger partial charge in [0.2, 0.25) is 5.91 Å². The molecule has 0 radical (unpaired) electrons. The number of ether oxygens (including phenoxy) is 2. The molecule has 1 unspecified atom stereocenters. The second kappa shape index (κ2) is 9.23. The van der Waals surface area contributed by atoms with Crippen molar-refractivity contribution in [2.45, 2.75) is 11.8 Å². The van der Waals surface area contributed by atoms with Gasteiger partial charge in [0.15, 0.2) is 11.5 Å². The fourth-order valence-corrected chi connectivity index (χ4v) is 4.31. The molecule has 1 atom stereocenters. The third kappa shape index (κ3) is 4.31. The van der Waals surface area contributed by atoms with Crippen molar-refractivity contribution in [1.82, 2.24) is 5.43 Å². The molecule has 3 aromatic rings. The summed E-state index contributed by atoms with van der Waals surface area (Å²) in [6.45, 7) is 0. The first kappa shape index (κ1) is 22.2. The topological polar surface area (TPSA) is 59.9 Å². The quantitative estimate of drug-likeness (QED) is 0.369. The lowest BCUT2D eigenvalue weighted by atomic mass is 9.85. The summed E-state index contributed by atoms with van der Waals surface area (Å²) in [5.74, 6) is 0.816. The van der Waals surface area contributed by atoms with E-state index in [0.717, 1.165) is 16.7 Å². The number of benzene rings is 3. The Morgan fingerprint density at radius 3 is 2.03 bits per heavy atom. The molecule has 0 aliphatic heterocycles. The van der Waals surface area contributed by atoms with Crippen LogP contribution in [0.15, 0.2) is 71.8 Å². The summed E-state index contributed by atoms with van der Waals surface area (Å²) in [4.78, 5) is 13.0. The van der Waals surface area contributed by atoms with Gasteiger partial charge in [0.25, 0.3) is 0 Å². The SMILES string of the molecule is COc1ccc(/C=N/NC(=O)C2CC2(c2ccc(Cl)cc2)c2ccc(Cl)cc2)cc1OC. The van der Waals surface area contributed by atoms with Crippen LogP contribution >= 0.6 is 23.2 Å². The van der Waals surface area contributed by atoms with Gasteiger partial charge in [-0.3, -0.25) is 4.79 Å². The lowest BCUT2D eigenvalue weighted by Gasteiger charge is -2.19. The van der Waals surface area contributed by atoms with E-state index in [-0.39, 0.29) is 11.8 Å². The van der Waals surface area contributed by atoms with Crippen LogP contribution in [-0.4, -0.2) is 26.3 Å². The maximum absolute atomic E-state index is 13.0. The molecule has 1 aliphatic rings. The van der Waals surface area contributed by atoms with Crippen LogP contribution in [0.3, 0.4) is 0 Å². The highest BCUT2D eigenvalue weighted by molar-refractivity contribution is 6.30. The molecule has 0 heterocycles. The van der Waals surface area contributed by atoms with Gasteiger partial charge in [-0.1, -0.05) is 47.5 Å². The van der Waals surface area contributed by atoms with Crippen molar-refractivity contribution in [2.75, 3.05) is 14.2 Å². The summed E-state index contributed by atoms with van der Waals surface area (Å²) in [6.07, 6.45) is 2.25. The Kier molecular flexibility index (Phi) is 6.40. The highest BCUT2D eigenvalue weighted by Gasteiger charge is 2.60. The number of amides is 1. The van der Waals surface area contributed by atoms with Crippen LogP contribution in [0.25, 0.3) is 0 Å². The zero-order chi connectivity index (χ0) is 22.7. The number of rotatable bonds is 7. The van der Waals surface area contributed by atoms with Gasteiger partial charge in [0.1, 0.15) is 0 Å². The van der Waals surface area contributed by atoms with Crippen molar-refractivity contribution in [3.05, 3.63) is 93.5 Å². The van der Waals surface area contributed by atoms with Crippen molar-refractivity contribution < 1.29 is 14.3 Å². The Bertz CT molecular complexity index is 1100. The molecule has 0 aromatic heterocycles. The Morgan fingerprint density at radius 1 is 0.938 bits per heavy atom. The van der Waals surface area contributed by atoms with Crippen LogP contribution in [0.4, 0.5) is 0 Å². The van der Waals surface area contributed by atoms with E-state index in [1.807, 2.05) is 54.6 Å². The molecule has 164 valence electrons. The number of carbonyl (C=O) groups is 1. The smallest absolute Gasteiger partial charge is 0.244 e. The van der Waals surface area contributed by atoms with Gasteiger partial charge >= 0.3 is 0 Å². The van der Waals surface area contributed by atoms with Gasteiger partial charge in [-0.15, -0.1) is 0 Å². The van der Waals surface area contributed by atoms with E-state index in [1.165, 1.54) is 0 Å². The maximum Gasteiger partial charge on any atom is 0.244 e. The van der Waals surface area contributed by atoms with E-state index in [2.05, 4.69) is 10.5 Å². The van der Waals surface area contributed by atoms with Gasteiger partial charge in [0.05, 0.1) is 26.4 Å². The Morgan fingerprint density at radius 2 is 1.50 bits per heavy atom. The van der Waals surface area contributed by atoms with Crippen LogP contribution in [0.1, 0.15) is 23.1 Å². The molecule has 7 heteroatoms. The minimum atomic E-state index is -0.432. The Balaban J connectivity index is 1.53. The lowest BCUT2D eigenvalue weighted by Crippen LogP contribution is -2.25. The highest BCUT2D eigenvalue weighted by Crippen LogP contribution is 2.59. The van der Waals surface area contributed by atoms with Crippen LogP contribution in [0, 0.1) is 5.92 Å². The number of halogens is 2. The molecule has 4 rings (SSSR count).